The number of hydrogen-bond acceptors (Lipinski definition) is 8. The third kappa shape index (κ3) is 2.99. The molecule has 0 bridgehead atoms. The number of thiophene rings is 1. The summed E-state index contributed by atoms with van der Waals surface area (Å²) in [5.41, 5.74) is 11.6. The van der Waals surface area contributed by atoms with Crippen molar-refractivity contribution in [1.29, 1.82) is 5.26 Å². The molecule has 2 aliphatic rings. The maximum Gasteiger partial charge on any atom is 0.159 e. The monoisotopic (exact) mass is 475 g/mol. The standard InChI is InChI=1S/C25H22FN5O2S/c1-2-13-20(23-21-15(7-27)25(28)34-24(21)18(26)8-29-23)17-11-33-10-16(17)14-3-4-19(30-22(13)14)31-6-5-12(32)9-31/h3-4,8,12,32H,2,5-6,9-11,28H2,1H3. The summed E-state index contributed by atoms with van der Waals surface area (Å²) in [4.78, 5) is 11.6. The zero-order valence-corrected chi connectivity index (χ0v) is 19.4. The lowest BCUT2D eigenvalue weighted by Gasteiger charge is -2.21. The van der Waals surface area contributed by atoms with E-state index in [4.69, 9.17) is 15.5 Å². The van der Waals surface area contributed by atoms with Crippen molar-refractivity contribution in [2.24, 2.45) is 0 Å². The number of nitriles is 1. The molecule has 7 nitrogen and oxygen atoms in total. The molecule has 0 saturated carbocycles. The zero-order chi connectivity index (χ0) is 23.6. The average Bonchev–Trinajstić information content (AvgIpc) is 3.57. The molecule has 2 aliphatic heterocycles. The lowest BCUT2D eigenvalue weighted by molar-refractivity contribution is 0.135. The number of pyridine rings is 2. The van der Waals surface area contributed by atoms with E-state index in [1.54, 1.807) is 0 Å². The molecule has 9 heteroatoms. The molecule has 0 radical (unpaired) electrons. The predicted octanol–water partition coefficient (Wildman–Crippen LogP) is 4.27. The number of halogens is 1. The molecule has 6 rings (SSSR count). The number of aliphatic hydroxyl groups is 1. The Labute approximate surface area is 199 Å². The number of hydrogen-bond donors (Lipinski definition) is 2. The quantitative estimate of drug-likeness (QED) is 0.456. The van der Waals surface area contributed by atoms with Crippen LogP contribution in [0.3, 0.4) is 0 Å². The fourth-order valence-electron chi connectivity index (χ4n) is 5.26. The summed E-state index contributed by atoms with van der Waals surface area (Å²) < 4.78 is 20.9. The first-order valence-electron chi connectivity index (χ1n) is 11.3. The van der Waals surface area contributed by atoms with Crippen LogP contribution in [0.5, 0.6) is 0 Å². The number of aliphatic hydroxyl groups excluding tert-OH is 1. The number of anilines is 2. The van der Waals surface area contributed by atoms with Gasteiger partial charge in [-0.15, -0.1) is 11.3 Å². The molecule has 3 aromatic heterocycles. The highest BCUT2D eigenvalue weighted by atomic mass is 32.1. The van der Waals surface area contributed by atoms with Gasteiger partial charge in [0.15, 0.2) is 5.82 Å². The Bertz CT molecular complexity index is 1530. The largest absolute Gasteiger partial charge is 0.391 e. The van der Waals surface area contributed by atoms with Crippen LogP contribution < -0.4 is 10.6 Å². The van der Waals surface area contributed by atoms with E-state index in [2.05, 4.69) is 28.9 Å². The van der Waals surface area contributed by atoms with Crippen molar-refractivity contribution in [3.05, 3.63) is 46.4 Å². The number of nitrogen functional groups attached to an aromatic ring is 1. The Hall–Kier alpha value is -3.32. The number of aromatic nitrogens is 2. The van der Waals surface area contributed by atoms with Gasteiger partial charge < -0.3 is 20.5 Å². The molecule has 172 valence electrons. The number of aryl methyl sites for hydroxylation is 1. The summed E-state index contributed by atoms with van der Waals surface area (Å²) in [6, 6.07) is 6.23. The highest BCUT2D eigenvalue weighted by Crippen LogP contribution is 2.46. The third-order valence-corrected chi connectivity index (χ3v) is 7.87. The lowest BCUT2D eigenvalue weighted by Crippen LogP contribution is -2.22. The molecule has 1 atom stereocenters. The number of nitrogens with zero attached hydrogens (tertiary/aromatic N) is 4. The molecule has 4 aromatic rings. The van der Waals surface area contributed by atoms with Crippen LogP contribution in [0.2, 0.25) is 0 Å². The molecular weight excluding hydrogens is 453 g/mol. The van der Waals surface area contributed by atoms with Crippen molar-refractivity contribution >= 4 is 43.1 Å². The van der Waals surface area contributed by atoms with Crippen LogP contribution in [0.25, 0.3) is 32.2 Å². The summed E-state index contributed by atoms with van der Waals surface area (Å²) in [5.74, 6) is 0.329. The molecule has 1 unspecified atom stereocenters. The molecule has 1 aromatic carbocycles. The second-order valence-electron chi connectivity index (χ2n) is 8.72. The smallest absolute Gasteiger partial charge is 0.159 e. The molecule has 0 aliphatic carbocycles. The molecule has 3 N–H and O–H groups in total. The minimum absolute atomic E-state index is 0.254. The van der Waals surface area contributed by atoms with Crippen LogP contribution in [0.15, 0.2) is 18.3 Å². The van der Waals surface area contributed by atoms with Crippen LogP contribution >= 0.6 is 11.3 Å². The van der Waals surface area contributed by atoms with E-state index >= 15 is 0 Å². The first-order chi connectivity index (χ1) is 16.5. The van der Waals surface area contributed by atoms with Gasteiger partial charge in [-0.2, -0.15) is 5.26 Å². The SMILES string of the molecule is CCc1c(-c2ncc(F)c3sc(N)c(C#N)c23)c2c(c3ccc(N4CCC(O)C4)nc13)COC2. The minimum atomic E-state index is -0.489. The summed E-state index contributed by atoms with van der Waals surface area (Å²) >= 11 is 1.07. The van der Waals surface area contributed by atoms with E-state index in [-0.39, 0.29) is 16.7 Å². The van der Waals surface area contributed by atoms with Crippen molar-refractivity contribution in [1.82, 2.24) is 9.97 Å². The van der Waals surface area contributed by atoms with Gasteiger partial charge in [-0.1, -0.05) is 6.92 Å². The Morgan fingerprint density at radius 3 is 2.91 bits per heavy atom. The van der Waals surface area contributed by atoms with E-state index in [0.29, 0.717) is 42.0 Å². The highest BCUT2D eigenvalue weighted by molar-refractivity contribution is 7.23. The molecule has 1 saturated heterocycles. The second kappa shape index (κ2) is 7.87. The lowest BCUT2D eigenvalue weighted by atomic mass is 9.88. The summed E-state index contributed by atoms with van der Waals surface area (Å²) in [6.07, 6.45) is 2.24. The van der Waals surface area contributed by atoms with Gasteiger partial charge in [-0.05, 0) is 41.7 Å². The van der Waals surface area contributed by atoms with Gasteiger partial charge >= 0.3 is 0 Å². The van der Waals surface area contributed by atoms with Crippen molar-refractivity contribution in [3.8, 4) is 17.3 Å². The van der Waals surface area contributed by atoms with Gasteiger partial charge in [0, 0.05) is 29.4 Å². The summed E-state index contributed by atoms with van der Waals surface area (Å²) in [6.45, 7) is 4.23. The van der Waals surface area contributed by atoms with E-state index in [1.807, 2.05) is 6.07 Å². The molecule has 34 heavy (non-hydrogen) atoms. The van der Waals surface area contributed by atoms with Gasteiger partial charge in [0.1, 0.15) is 16.9 Å². The Morgan fingerprint density at radius 1 is 1.35 bits per heavy atom. The zero-order valence-electron chi connectivity index (χ0n) is 18.6. The van der Waals surface area contributed by atoms with Crippen molar-refractivity contribution in [2.75, 3.05) is 23.7 Å². The topological polar surface area (TPSA) is 108 Å². The number of fused-ring (bicyclic) bond motifs is 4. The van der Waals surface area contributed by atoms with E-state index in [1.165, 1.54) is 6.20 Å². The van der Waals surface area contributed by atoms with E-state index in [9.17, 15) is 14.8 Å². The van der Waals surface area contributed by atoms with Crippen LogP contribution in [0, 0.1) is 17.1 Å². The predicted molar refractivity (Wildman–Crippen MR) is 130 cm³/mol. The van der Waals surface area contributed by atoms with E-state index in [0.717, 1.165) is 63.3 Å². The summed E-state index contributed by atoms with van der Waals surface area (Å²) in [5, 5.41) is 21.6. The fraction of sp³-hybridized carbons (Fsp3) is 0.320. The average molecular weight is 476 g/mol. The first kappa shape index (κ1) is 21.2. The van der Waals surface area contributed by atoms with Crippen molar-refractivity contribution in [3.63, 3.8) is 0 Å². The van der Waals surface area contributed by atoms with Gasteiger partial charge in [0.2, 0.25) is 0 Å². The Kier molecular flexibility index (Phi) is 4.92. The highest BCUT2D eigenvalue weighted by Gasteiger charge is 2.29. The molecule has 1 fully saturated rings. The first-order valence-corrected chi connectivity index (χ1v) is 12.1. The number of ether oxygens (including phenoxy) is 1. The minimum Gasteiger partial charge on any atom is -0.391 e. The maximum atomic E-state index is 14.7. The maximum absolute atomic E-state index is 14.7. The van der Waals surface area contributed by atoms with Crippen LogP contribution in [0.1, 0.15) is 35.6 Å². The van der Waals surface area contributed by atoms with Crippen LogP contribution in [-0.2, 0) is 24.4 Å². The normalized spacial score (nSPS) is 17.6. The number of nitrogens with two attached hydrogens (primary N) is 1. The van der Waals surface area contributed by atoms with Gasteiger partial charge in [-0.3, -0.25) is 4.98 Å². The number of rotatable bonds is 3. The third-order valence-electron chi connectivity index (χ3n) is 6.84. The fourth-order valence-corrected chi connectivity index (χ4v) is 6.18. The second-order valence-corrected chi connectivity index (χ2v) is 9.78. The Balaban J connectivity index is 1.69. The molecule has 0 amide bonds. The molecular formula is C25H22FN5O2S. The number of β-amino-alcohol motifs (C(OH)–C–C–N with tert-alkyl or cyclic N) is 1. The van der Waals surface area contributed by atoms with E-state index < -0.39 is 5.82 Å². The molecule has 0 spiro atoms. The Morgan fingerprint density at radius 2 is 2.18 bits per heavy atom. The van der Waals surface area contributed by atoms with Crippen LogP contribution in [-0.4, -0.2) is 34.3 Å². The van der Waals surface area contributed by atoms with Gasteiger partial charge in [-0.25, -0.2) is 9.37 Å². The number of benzene rings is 1. The summed E-state index contributed by atoms with van der Waals surface area (Å²) in [7, 11) is 0. The van der Waals surface area contributed by atoms with Crippen LogP contribution in [0.4, 0.5) is 15.2 Å². The van der Waals surface area contributed by atoms with Gasteiger partial charge in [0.05, 0.1) is 47.0 Å². The van der Waals surface area contributed by atoms with Gasteiger partial charge in [0.25, 0.3) is 0 Å². The van der Waals surface area contributed by atoms with Crippen molar-refractivity contribution < 1.29 is 14.2 Å². The molecule has 5 heterocycles. The van der Waals surface area contributed by atoms with Crippen molar-refractivity contribution in [2.45, 2.75) is 39.1 Å².